The van der Waals surface area contributed by atoms with E-state index in [1.54, 1.807) is 30.6 Å². The molecule has 116 valence electrons. The molecule has 0 radical (unpaired) electrons. The number of aromatic amines is 1. The summed E-state index contributed by atoms with van der Waals surface area (Å²) in [5.41, 5.74) is 7.54. The Hall–Kier alpha value is -3.22. The molecule has 0 bridgehead atoms. The first-order chi connectivity index (χ1) is 11.1. The zero-order valence-corrected chi connectivity index (χ0v) is 12.1. The minimum absolute atomic E-state index is 0.134. The first-order valence-corrected chi connectivity index (χ1v) is 6.87. The molecular weight excluding hydrogens is 297 g/mol. The summed E-state index contributed by atoms with van der Waals surface area (Å²) in [4.78, 5) is 11.1. The second-order valence-corrected chi connectivity index (χ2v) is 4.82. The number of benzene rings is 1. The van der Waals surface area contributed by atoms with Crippen molar-refractivity contribution >= 4 is 23.0 Å². The van der Waals surface area contributed by atoms with E-state index in [9.17, 15) is 4.39 Å². The molecule has 2 aromatic heterocycles. The van der Waals surface area contributed by atoms with Crippen LogP contribution in [-0.4, -0.2) is 21.9 Å². The molecule has 0 amide bonds. The lowest BCUT2D eigenvalue weighted by molar-refractivity contribution is 0.528. The van der Waals surface area contributed by atoms with E-state index in [2.05, 4.69) is 15.0 Å². The first-order valence-electron chi connectivity index (χ1n) is 6.87. The molecule has 23 heavy (non-hydrogen) atoms. The van der Waals surface area contributed by atoms with E-state index in [0.29, 0.717) is 16.8 Å². The third-order valence-corrected chi connectivity index (χ3v) is 3.21. The summed E-state index contributed by atoms with van der Waals surface area (Å²) in [6.45, 7) is 0.173. The minimum atomic E-state index is -0.337. The summed E-state index contributed by atoms with van der Waals surface area (Å²) in [5, 5.41) is 8.74. The fourth-order valence-corrected chi connectivity index (χ4v) is 2.14. The van der Waals surface area contributed by atoms with Crippen LogP contribution in [0.4, 0.5) is 4.39 Å². The maximum absolute atomic E-state index is 13.1. The Morgan fingerprint density at radius 3 is 3.04 bits per heavy atom. The molecule has 0 spiro atoms. The Balaban J connectivity index is 1.70. The van der Waals surface area contributed by atoms with E-state index in [-0.39, 0.29) is 24.3 Å². The van der Waals surface area contributed by atoms with Gasteiger partial charge < -0.3 is 15.5 Å². The van der Waals surface area contributed by atoms with E-state index in [1.807, 2.05) is 6.07 Å². The number of nitrogens with two attached hydrogens (primary N) is 1. The van der Waals surface area contributed by atoms with Gasteiger partial charge in [0.1, 0.15) is 11.5 Å². The molecule has 0 unspecified atom stereocenters. The average Bonchev–Trinajstić information content (AvgIpc) is 2.97. The number of hydrogen-bond donors (Lipinski definition) is 3. The van der Waals surface area contributed by atoms with Gasteiger partial charge in [-0.05, 0) is 29.8 Å². The van der Waals surface area contributed by atoms with Gasteiger partial charge >= 0.3 is 0 Å². The first kappa shape index (κ1) is 14.7. The number of fused-ring (bicyclic) bond motifs is 1. The highest BCUT2D eigenvalue weighted by atomic mass is 19.1. The van der Waals surface area contributed by atoms with Gasteiger partial charge in [0.15, 0.2) is 0 Å². The smallest absolute Gasteiger partial charge is 0.289 e. The maximum atomic E-state index is 13.1. The highest BCUT2D eigenvalue weighted by Gasteiger charge is 2.11. The summed E-state index contributed by atoms with van der Waals surface area (Å²) in [6.07, 6.45) is 3.28. The number of nitrogens with zero attached hydrogens (tertiary/aromatic N) is 2. The van der Waals surface area contributed by atoms with Crippen LogP contribution in [0.25, 0.3) is 11.0 Å². The van der Waals surface area contributed by atoms with Crippen LogP contribution in [0, 0.1) is 11.2 Å². The molecule has 4 N–H and O–H groups in total. The number of pyridine rings is 1. The zero-order chi connectivity index (χ0) is 16.2. The Kier molecular flexibility index (Phi) is 4.01. The van der Waals surface area contributed by atoms with E-state index < -0.39 is 0 Å². The quantitative estimate of drug-likeness (QED) is 0.512. The van der Waals surface area contributed by atoms with Gasteiger partial charge in [-0.2, -0.15) is 0 Å². The van der Waals surface area contributed by atoms with Crippen molar-refractivity contribution in [2.75, 3.05) is 0 Å². The fraction of sp³-hybridized carbons (Fsp3) is 0.0625. The molecule has 0 aliphatic heterocycles. The molecule has 0 aliphatic carbocycles. The van der Waals surface area contributed by atoms with Gasteiger partial charge in [0.25, 0.3) is 6.02 Å². The van der Waals surface area contributed by atoms with Gasteiger partial charge in [-0.1, -0.05) is 12.1 Å². The zero-order valence-electron chi connectivity index (χ0n) is 12.1. The third kappa shape index (κ3) is 3.34. The van der Waals surface area contributed by atoms with Gasteiger partial charge in [-0.25, -0.2) is 14.4 Å². The molecule has 7 heteroatoms. The largest absolute Gasteiger partial charge is 0.407 e. The molecule has 1 aromatic carbocycles. The van der Waals surface area contributed by atoms with Crippen molar-refractivity contribution in [1.82, 2.24) is 9.97 Å². The van der Waals surface area contributed by atoms with E-state index in [1.165, 1.54) is 12.1 Å². The van der Waals surface area contributed by atoms with Crippen molar-refractivity contribution in [2.45, 2.75) is 6.54 Å². The Morgan fingerprint density at radius 2 is 2.22 bits per heavy atom. The lowest BCUT2D eigenvalue weighted by Gasteiger charge is -2.05. The van der Waals surface area contributed by atoms with Gasteiger partial charge in [-0.15, -0.1) is 0 Å². The van der Waals surface area contributed by atoms with Crippen LogP contribution in [0.2, 0.25) is 0 Å². The molecule has 0 fully saturated rings. The van der Waals surface area contributed by atoms with Crippen LogP contribution in [0.3, 0.4) is 0 Å². The number of nitrogens with one attached hydrogen (secondary N) is 2. The molecule has 3 aromatic rings. The molecule has 0 saturated heterocycles. The van der Waals surface area contributed by atoms with Crippen molar-refractivity contribution in [2.24, 2.45) is 10.7 Å². The normalized spacial score (nSPS) is 11.6. The van der Waals surface area contributed by atoms with Crippen molar-refractivity contribution in [3.63, 3.8) is 0 Å². The van der Waals surface area contributed by atoms with E-state index >= 15 is 0 Å². The van der Waals surface area contributed by atoms with Crippen molar-refractivity contribution in [3.8, 4) is 0 Å². The number of ether oxygens (including phenoxy) is 1. The lowest BCUT2D eigenvalue weighted by Crippen LogP contribution is -2.21. The number of aromatic nitrogens is 2. The van der Waals surface area contributed by atoms with Gasteiger partial charge in [-0.3, -0.25) is 5.41 Å². The number of halogens is 1. The predicted molar refractivity (Wildman–Crippen MR) is 85.7 cm³/mol. The highest BCUT2D eigenvalue weighted by Crippen LogP contribution is 2.16. The van der Waals surface area contributed by atoms with Gasteiger partial charge in [0.2, 0.25) is 5.90 Å². The van der Waals surface area contributed by atoms with E-state index in [4.69, 9.17) is 15.9 Å². The number of rotatable bonds is 3. The molecular formula is C16H14FN5O. The third-order valence-electron chi connectivity index (χ3n) is 3.21. The molecule has 0 saturated carbocycles. The van der Waals surface area contributed by atoms with Crippen molar-refractivity contribution < 1.29 is 9.13 Å². The van der Waals surface area contributed by atoms with Crippen LogP contribution < -0.4 is 5.73 Å². The summed E-state index contributed by atoms with van der Waals surface area (Å²) in [5.74, 6) is -0.471. The second-order valence-electron chi connectivity index (χ2n) is 4.82. The van der Waals surface area contributed by atoms with E-state index in [0.717, 1.165) is 5.39 Å². The summed E-state index contributed by atoms with van der Waals surface area (Å²) >= 11 is 0. The second kappa shape index (κ2) is 6.27. The topological polar surface area (TPSA) is 100 Å². The highest BCUT2D eigenvalue weighted by molar-refractivity contribution is 6.07. The Morgan fingerprint density at radius 1 is 1.35 bits per heavy atom. The molecule has 0 aliphatic rings. The minimum Gasteiger partial charge on any atom is -0.407 e. The standard InChI is InChI=1S/C16H14FN5O/c17-11-4-1-3-10(7-11)8-22-16(19)23-14(18)13-9-21-15-12(13)5-2-6-20-15/h1-7,9,18H,8H2,(H2,19,22)(H,20,21). The van der Waals surface area contributed by atoms with Crippen molar-refractivity contribution in [3.05, 3.63) is 65.7 Å². The average molecular weight is 311 g/mol. The van der Waals surface area contributed by atoms with Crippen molar-refractivity contribution in [1.29, 1.82) is 5.41 Å². The van der Waals surface area contributed by atoms with Crippen LogP contribution >= 0.6 is 0 Å². The predicted octanol–water partition coefficient (Wildman–Crippen LogP) is 2.56. The molecule has 0 atom stereocenters. The van der Waals surface area contributed by atoms with Crippen LogP contribution in [0.1, 0.15) is 11.1 Å². The summed E-state index contributed by atoms with van der Waals surface area (Å²) < 4.78 is 18.3. The maximum Gasteiger partial charge on any atom is 0.289 e. The van der Waals surface area contributed by atoms with Gasteiger partial charge in [0.05, 0.1) is 12.1 Å². The number of hydrogen-bond acceptors (Lipinski definition) is 4. The summed E-state index contributed by atoms with van der Waals surface area (Å²) in [7, 11) is 0. The molecule has 6 nitrogen and oxygen atoms in total. The van der Waals surface area contributed by atoms with Crippen LogP contribution in [-0.2, 0) is 11.3 Å². The van der Waals surface area contributed by atoms with Gasteiger partial charge in [0, 0.05) is 17.8 Å². The Labute approximate surface area is 131 Å². The monoisotopic (exact) mass is 311 g/mol. The summed E-state index contributed by atoms with van der Waals surface area (Å²) in [6, 6.07) is 9.49. The van der Waals surface area contributed by atoms with Crippen LogP contribution in [0.5, 0.6) is 0 Å². The lowest BCUT2D eigenvalue weighted by atomic mass is 10.2. The number of aliphatic imine (C=N–C) groups is 1. The SMILES string of the molecule is N=C(OC(N)=NCc1cccc(F)c1)c1c[nH]c2ncccc12. The fourth-order valence-electron chi connectivity index (χ4n) is 2.14. The molecule has 2 heterocycles. The number of H-pyrrole nitrogens is 1. The Bertz CT molecular complexity index is 887. The molecule has 3 rings (SSSR count). The van der Waals surface area contributed by atoms with Crippen LogP contribution in [0.15, 0.2) is 53.8 Å². The number of amidine groups is 1.